The zero-order valence-corrected chi connectivity index (χ0v) is 13.8. The first kappa shape index (κ1) is 17.5. The number of carboxylic acids is 1. The van der Waals surface area contributed by atoms with Crippen LogP contribution in [0.4, 0.5) is 5.69 Å². The highest BCUT2D eigenvalue weighted by atomic mass is 16.5. The second kappa shape index (κ2) is 8.15. The Bertz CT molecular complexity index is 708. The lowest BCUT2D eigenvalue weighted by atomic mass is 10.0. The topological polar surface area (TPSA) is 75.6 Å². The molecule has 0 spiro atoms. The van der Waals surface area contributed by atoms with Crippen LogP contribution in [0, 0.1) is 0 Å². The van der Waals surface area contributed by atoms with Gasteiger partial charge < -0.3 is 15.2 Å². The van der Waals surface area contributed by atoms with Gasteiger partial charge in [-0.15, -0.1) is 0 Å². The molecule has 0 saturated heterocycles. The molecular weight excluding hydrogens is 306 g/mol. The lowest BCUT2D eigenvalue weighted by Crippen LogP contribution is -2.21. The maximum Gasteiger partial charge on any atom is 0.307 e. The van der Waals surface area contributed by atoms with E-state index in [-0.39, 0.29) is 18.9 Å². The predicted molar refractivity (Wildman–Crippen MR) is 92.4 cm³/mol. The van der Waals surface area contributed by atoms with Gasteiger partial charge in [0.15, 0.2) is 6.61 Å². The first-order valence-corrected chi connectivity index (χ1v) is 7.78. The van der Waals surface area contributed by atoms with Crippen molar-refractivity contribution < 1.29 is 19.4 Å². The lowest BCUT2D eigenvalue weighted by molar-refractivity contribution is -0.136. The minimum Gasteiger partial charge on any atom is -0.484 e. The molecule has 0 aliphatic heterocycles. The summed E-state index contributed by atoms with van der Waals surface area (Å²) >= 11 is 0. The van der Waals surface area contributed by atoms with Crippen molar-refractivity contribution in [2.45, 2.75) is 26.2 Å². The van der Waals surface area contributed by atoms with E-state index in [1.807, 2.05) is 24.3 Å². The van der Waals surface area contributed by atoms with Crippen LogP contribution >= 0.6 is 0 Å². The highest BCUT2D eigenvalue weighted by Crippen LogP contribution is 2.19. The molecule has 0 aliphatic rings. The fourth-order valence-electron chi connectivity index (χ4n) is 2.24. The standard InChI is InChI=1S/C19H21NO4/c1-13(2)14-7-9-16(10-8-14)24-12-18(21)20-17-6-4-3-5-15(17)11-19(22)23/h3-10,13H,11-12H2,1-2H3,(H,20,21)(H,22,23). The molecule has 2 rings (SSSR count). The molecule has 0 aliphatic carbocycles. The van der Waals surface area contributed by atoms with Crippen LogP contribution in [0.5, 0.6) is 5.75 Å². The summed E-state index contributed by atoms with van der Waals surface area (Å²) in [7, 11) is 0. The zero-order chi connectivity index (χ0) is 17.5. The molecule has 0 fully saturated rings. The Morgan fingerprint density at radius 1 is 1.08 bits per heavy atom. The Kier molecular flexibility index (Phi) is 5.95. The highest BCUT2D eigenvalue weighted by molar-refractivity contribution is 5.93. The van der Waals surface area contributed by atoms with E-state index in [0.29, 0.717) is 22.9 Å². The molecule has 0 atom stereocenters. The molecule has 0 saturated carbocycles. The van der Waals surface area contributed by atoms with E-state index >= 15 is 0 Å². The van der Waals surface area contributed by atoms with Crippen molar-refractivity contribution in [1.82, 2.24) is 0 Å². The molecule has 5 heteroatoms. The van der Waals surface area contributed by atoms with Crippen molar-refractivity contribution in [3.05, 3.63) is 59.7 Å². The molecule has 126 valence electrons. The molecule has 0 unspecified atom stereocenters. The maximum atomic E-state index is 12.0. The Morgan fingerprint density at radius 3 is 2.38 bits per heavy atom. The van der Waals surface area contributed by atoms with Crippen LogP contribution in [0.25, 0.3) is 0 Å². The van der Waals surface area contributed by atoms with E-state index in [9.17, 15) is 9.59 Å². The van der Waals surface area contributed by atoms with Gasteiger partial charge in [0.2, 0.25) is 0 Å². The van der Waals surface area contributed by atoms with Gasteiger partial charge in [0.05, 0.1) is 6.42 Å². The molecule has 1 amide bonds. The summed E-state index contributed by atoms with van der Waals surface area (Å²) in [6, 6.07) is 14.4. The number of para-hydroxylation sites is 1. The minimum atomic E-state index is -0.946. The lowest BCUT2D eigenvalue weighted by Gasteiger charge is -2.11. The number of rotatable bonds is 7. The highest BCUT2D eigenvalue weighted by Gasteiger charge is 2.10. The van der Waals surface area contributed by atoms with Crippen LogP contribution in [0.15, 0.2) is 48.5 Å². The largest absolute Gasteiger partial charge is 0.484 e. The first-order chi connectivity index (χ1) is 11.5. The van der Waals surface area contributed by atoms with Crippen LogP contribution < -0.4 is 10.1 Å². The van der Waals surface area contributed by atoms with Crippen molar-refractivity contribution in [3.8, 4) is 5.75 Å². The number of anilines is 1. The maximum absolute atomic E-state index is 12.0. The smallest absolute Gasteiger partial charge is 0.307 e. The van der Waals surface area contributed by atoms with Crippen molar-refractivity contribution in [1.29, 1.82) is 0 Å². The molecule has 0 radical (unpaired) electrons. The second-order valence-electron chi connectivity index (χ2n) is 5.79. The van der Waals surface area contributed by atoms with Crippen molar-refractivity contribution >= 4 is 17.6 Å². The van der Waals surface area contributed by atoms with Crippen molar-refractivity contribution in [2.24, 2.45) is 0 Å². The van der Waals surface area contributed by atoms with Gasteiger partial charge in [-0.25, -0.2) is 0 Å². The number of hydrogen-bond acceptors (Lipinski definition) is 3. The van der Waals surface area contributed by atoms with Gasteiger partial charge >= 0.3 is 5.97 Å². The number of aliphatic carboxylic acids is 1. The van der Waals surface area contributed by atoms with Gasteiger partial charge in [0.1, 0.15) is 5.75 Å². The summed E-state index contributed by atoms with van der Waals surface area (Å²) in [4.78, 5) is 22.9. The van der Waals surface area contributed by atoms with E-state index in [1.54, 1.807) is 24.3 Å². The zero-order valence-electron chi connectivity index (χ0n) is 13.8. The fraction of sp³-hybridized carbons (Fsp3) is 0.263. The molecule has 0 bridgehead atoms. The Balaban J connectivity index is 1.93. The Hall–Kier alpha value is -2.82. The molecule has 0 heterocycles. The van der Waals surface area contributed by atoms with E-state index < -0.39 is 5.97 Å². The van der Waals surface area contributed by atoms with Gasteiger partial charge in [-0.2, -0.15) is 0 Å². The number of benzene rings is 2. The third kappa shape index (κ3) is 5.12. The second-order valence-corrected chi connectivity index (χ2v) is 5.79. The summed E-state index contributed by atoms with van der Waals surface area (Å²) in [6.07, 6.45) is -0.145. The quantitative estimate of drug-likeness (QED) is 0.816. The first-order valence-electron chi connectivity index (χ1n) is 7.78. The average molecular weight is 327 g/mol. The number of hydrogen-bond donors (Lipinski definition) is 2. The van der Waals surface area contributed by atoms with Gasteiger partial charge in [0, 0.05) is 5.69 Å². The van der Waals surface area contributed by atoms with Crippen LogP contribution in [0.1, 0.15) is 30.9 Å². The molecule has 0 aromatic heterocycles. The molecule has 2 aromatic rings. The normalized spacial score (nSPS) is 10.5. The van der Waals surface area contributed by atoms with Crippen LogP contribution in [0.3, 0.4) is 0 Å². The van der Waals surface area contributed by atoms with Gasteiger partial charge in [-0.1, -0.05) is 44.2 Å². The van der Waals surface area contributed by atoms with E-state index in [4.69, 9.17) is 9.84 Å². The van der Waals surface area contributed by atoms with Gasteiger partial charge in [-0.05, 0) is 35.2 Å². The Labute approximate surface area is 141 Å². The fourth-order valence-corrected chi connectivity index (χ4v) is 2.24. The third-order valence-electron chi connectivity index (χ3n) is 3.55. The van der Waals surface area contributed by atoms with Crippen molar-refractivity contribution in [3.63, 3.8) is 0 Å². The number of nitrogens with one attached hydrogen (secondary N) is 1. The third-order valence-corrected chi connectivity index (χ3v) is 3.55. The van der Waals surface area contributed by atoms with Crippen LogP contribution in [-0.4, -0.2) is 23.6 Å². The number of amides is 1. The van der Waals surface area contributed by atoms with E-state index in [1.165, 1.54) is 5.56 Å². The number of carbonyl (C=O) groups excluding carboxylic acids is 1. The van der Waals surface area contributed by atoms with Crippen molar-refractivity contribution in [2.75, 3.05) is 11.9 Å². The predicted octanol–water partition coefficient (Wildman–Crippen LogP) is 3.45. The summed E-state index contributed by atoms with van der Waals surface area (Å²) in [6.45, 7) is 4.08. The van der Waals surface area contributed by atoms with Gasteiger partial charge in [-0.3, -0.25) is 9.59 Å². The monoisotopic (exact) mass is 327 g/mol. The number of ether oxygens (including phenoxy) is 1. The summed E-state index contributed by atoms with van der Waals surface area (Å²) in [5.74, 6) is -0.222. The SMILES string of the molecule is CC(C)c1ccc(OCC(=O)Nc2ccccc2CC(=O)O)cc1. The summed E-state index contributed by atoms with van der Waals surface area (Å²) in [5, 5.41) is 11.6. The molecule has 2 aromatic carbocycles. The number of carbonyl (C=O) groups is 2. The van der Waals surface area contributed by atoms with Crippen LogP contribution in [-0.2, 0) is 16.0 Å². The van der Waals surface area contributed by atoms with Gasteiger partial charge in [0.25, 0.3) is 5.91 Å². The van der Waals surface area contributed by atoms with E-state index in [2.05, 4.69) is 19.2 Å². The molecule has 5 nitrogen and oxygen atoms in total. The molecular formula is C19H21NO4. The Morgan fingerprint density at radius 2 is 1.75 bits per heavy atom. The van der Waals surface area contributed by atoms with Crippen LogP contribution in [0.2, 0.25) is 0 Å². The molecule has 24 heavy (non-hydrogen) atoms. The summed E-state index contributed by atoms with van der Waals surface area (Å²) in [5.41, 5.74) is 2.25. The average Bonchev–Trinajstić information content (AvgIpc) is 2.54. The molecule has 2 N–H and O–H groups in total. The minimum absolute atomic E-state index is 0.136. The number of carboxylic acid groups (broad SMARTS) is 1. The summed E-state index contributed by atoms with van der Waals surface area (Å²) < 4.78 is 5.47. The van der Waals surface area contributed by atoms with E-state index in [0.717, 1.165) is 0 Å².